The van der Waals surface area contributed by atoms with Crippen LogP contribution in [0.2, 0.25) is 0 Å². The lowest BCUT2D eigenvalue weighted by atomic mass is 9.97. The zero-order valence-electron chi connectivity index (χ0n) is 14.0. The van der Waals surface area contributed by atoms with E-state index in [2.05, 4.69) is 24.3 Å². The van der Waals surface area contributed by atoms with E-state index < -0.39 is 0 Å². The molecule has 0 bridgehead atoms. The summed E-state index contributed by atoms with van der Waals surface area (Å²) in [5.41, 5.74) is 2.78. The van der Waals surface area contributed by atoms with Crippen LogP contribution in [0.4, 0.5) is 0 Å². The van der Waals surface area contributed by atoms with Gasteiger partial charge in [0.2, 0.25) is 0 Å². The summed E-state index contributed by atoms with van der Waals surface area (Å²) in [5, 5.41) is 0.903. The predicted molar refractivity (Wildman–Crippen MR) is 100 cm³/mol. The van der Waals surface area contributed by atoms with Gasteiger partial charge >= 0.3 is 0 Å². The van der Waals surface area contributed by atoms with Gasteiger partial charge in [-0.25, -0.2) is 4.98 Å². The first-order valence-electron chi connectivity index (χ1n) is 8.79. The number of nitrogens with zero attached hydrogens (tertiary/aromatic N) is 2. The Labute approximate surface area is 146 Å². The topological polar surface area (TPSA) is 34.9 Å². The van der Waals surface area contributed by atoms with Crippen LogP contribution < -0.4 is 5.56 Å². The molecule has 1 aromatic carbocycles. The van der Waals surface area contributed by atoms with Gasteiger partial charge in [0.25, 0.3) is 5.56 Å². The third-order valence-corrected chi connectivity index (χ3v) is 6.14. The molecule has 1 aliphatic rings. The highest BCUT2D eigenvalue weighted by atomic mass is 32.1. The maximum absolute atomic E-state index is 13.1. The van der Waals surface area contributed by atoms with Crippen molar-refractivity contribution in [3.63, 3.8) is 0 Å². The van der Waals surface area contributed by atoms with Gasteiger partial charge in [0.05, 0.1) is 5.39 Å². The largest absolute Gasteiger partial charge is 0.296 e. The van der Waals surface area contributed by atoms with E-state index in [0.29, 0.717) is 0 Å². The molecule has 0 saturated carbocycles. The van der Waals surface area contributed by atoms with Gasteiger partial charge in [-0.3, -0.25) is 9.36 Å². The van der Waals surface area contributed by atoms with E-state index in [4.69, 9.17) is 4.98 Å². The van der Waals surface area contributed by atoms with Gasteiger partial charge in [0.15, 0.2) is 0 Å². The molecule has 4 heteroatoms. The maximum atomic E-state index is 13.1. The number of benzene rings is 1. The summed E-state index contributed by atoms with van der Waals surface area (Å²) in [5.74, 6) is 0.846. The van der Waals surface area contributed by atoms with Gasteiger partial charge in [0, 0.05) is 11.4 Å². The minimum Gasteiger partial charge on any atom is -0.296 e. The van der Waals surface area contributed by atoms with Crippen molar-refractivity contribution in [2.24, 2.45) is 0 Å². The molecule has 3 aromatic rings. The molecule has 1 aliphatic carbocycles. The first kappa shape index (κ1) is 15.6. The molecule has 0 saturated heterocycles. The van der Waals surface area contributed by atoms with Crippen LogP contribution in [0.25, 0.3) is 10.2 Å². The number of aryl methyl sites for hydroxylation is 4. The minimum absolute atomic E-state index is 0.171. The van der Waals surface area contributed by atoms with Crippen LogP contribution in [-0.2, 0) is 25.8 Å². The monoisotopic (exact) mass is 338 g/mol. The average Bonchev–Trinajstić information content (AvgIpc) is 2.97. The second kappa shape index (κ2) is 6.52. The Bertz CT molecular complexity index is 924. The van der Waals surface area contributed by atoms with Crippen molar-refractivity contribution in [2.45, 2.75) is 52.0 Å². The number of hydrogen-bond donors (Lipinski definition) is 0. The van der Waals surface area contributed by atoms with Crippen LogP contribution in [0, 0.1) is 6.92 Å². The molecule has 0 unspecified atom stereocenters. The predicted octanol–water partition coefficient (Wildman–Crippen LogP) is 4.28. The summed E-state index contributed by atoms with van der Waals surface area (Å²) in [6, 6.07) is 10.5. The van der Waals surface area contributed by atoms with E-state index in [1.807, 2.05) is 17.6 Å². The van der Waals surface area contributed by atoms with Gasteiger partial charge in [-0.1, -0.05) is 30.3 Å². The SMILES string of the molecule is Cc1nc2sc3c(c2c(=O)n1CCCc1ccccc1)CCCC3. The van der Waals surface area contributed by atoms with E-state index in [0.717, 1.165) is 48.3 Å². The summed E-state index contributed by atoms with van der Waals surface area (Å²) in [4.78, 5) is 20.1. The van der Waals surface area contributed by atoms with E-state index in [1.165, 1.54) is 28.8 Å². The molecule has 0 fully saturated rings. The van der Waals surface area contributed by atoms with Crippen LogP contribution in [0.1, 0.15) is 41.1 Å². The summed E-state index contributed by atoms with van der Waals surface area (Å²) in [7, 11) is 0. The number of hydrogen-bond acceptors (Lipinski definition) is 3. The van der Waals surface area contributed by atoms with Crippen molar-refractivity contribution < 1.29 is 0 Å². The molecule has 0 N–H and O–H groups in total. The maximum Gasteiger partial charge on any atom is 0.262 e. The van der Waals surface area contributed by atoms with Gasteiger partial charge in [-0.15, -0.1) is 11.3 Å². The Morgan fingerprint density at radius 3 is 2.79 bits per heavy atom. The van der Waals surface area contributed by atoms with E-state index in [9.17, 15) is 4.79 Å². The minimum atomic E-state index is 0.171. The molecular weight excluding hydrogens is 316 g/mol. The van der Waals surface area contributed by atoms with Crippen LogP contribution in [-0.4, -0.2) is 9.55 Å². The molecule has 124 valence electrons. The van der Waals surface area contributed by atoms with Crippen LogP contribution >= 0.6 is 11.3 Å². The molecule has 0 spiro atoms. The molecule has 0 aliphatic heterocycles. The fraction of sp³-hybridized carbons (Fsp3) is 0.400. The lowest BCUT2D eigenvalue weighted by Crippen LogP contribution is -2.24. The molecule has 0 radical (unpaired) electrons. The third-order valence-electron chi connectivity index (χ3n) is 4.96. The smallest absolute Gasteiger partial charge is 0.262 e. The van der Waals surface area contributed by atoms with Crippen molar-refractivity contribution in [1.82, 2.24) is 9.55 Å². The zero-order valence-corrected chi connectivity index (χ0v) is 14.9. The molecule has 24 heavy (non-hydrogen) atoms. The zero-order chi connectivity index (χ0) is 16.5. The lowest BCUT2D eigenvalue weighted by Gasteiger charge is -2.12. The molecular formula is C20H22N2OS. The molecule has 2 heterocycles. The Hall–Kier alpha value is -1.94. The second-order valence-corrected chi connectivity index (χ2v) is 7.68. The van der Waals surface area contributed by atoms with Gasteiger partial charge in [-0.2, -0.15) is 0 Å². The molecule has 0 atom stereocenters. The van der Waals surface area contributed by atoms with Crippen molar-refractivity contribution in [3.8, 4) is 0 Å². The number of thiophene rings is 1. The average molecular weight is 338 g/mol. The Kier molecular flexibility index (Phi) is 4.23. The summed E-state index contributed by atoms with van der Waals surface area (Å²) < 4.78 is 1.88. The van der Waals surface area contributed by atoms with Gasteiger partial charge < -0.3 is 0 Å². The van der Waals surface area contributed by atoms with E-state index >= 15 is 0 Å². The summed E-state index contributed by atoms with van der Waals surface area (Å²) in [6.07, 6.45) is 6.54. The highest BCUT2D eigenvalue weighted by molar-refractivity contribution is 7.18. The first-order chi connectivity index (χ1) is 11.7. The van der Waals surface area contributed by atoms with Crippen molar-refractivity contribution >= 4 is 21.6 Å². The van der Waals surface area contributed by atoms with E-state index in [1.54, 1.807) is 11.3 Å². The van der Waals surface area contributed by atoms with Crippen molar-refractivity contribution in [2.75, 3.05) is 0 Å². The van der Waals surface area contributed by atoms with Gasteiger partial charge in [0.1, 0.15) is 10.7 Å². The fourth-order valence-electron chi connectivity index (χ4n) is 3.69. The second-order valence-electron chi connectivity index (χ2n) is 6.60. The first-order valence-corrected chi connectivity index (χ1v) is 9.61. The Balaban J connectivity index is 1.64. The van der Waals surface area contributed by atoms with Gasteiger partial charge in [-0.05, 0) is 56.6 Å². The third kappa shape index (κ3) is 2.80. The number of rotatable bonds is 4. The number of aromatic nitrogens is 2. The quantitative estimate of drug-likeness (QED) is 0.712. The van der Waals surface area contributed by atoms with E-state index in [-0.39, 0.29) is 5.56 Å². The highest BCUT2D eigenvalue weighted by Gasteiger charge is 2.20. The van der Waals surface area contributed by atoms with Crippen LogP contribution in [0.3, 0.4) is 0 Å². The Morgan fingerprint density at radius 2 is 1.96 bits per heavy atom. The van der Waals surface area contributed by atoms with Crippen LogP contribution in [0.5, 0.6) is 0 Å². The standard InChI is InChI=1S/C20H22N2OS/c1-14-21-19-18(16-11-5-6-12-17(16)24-19)20(23)22(14)13-7-10-15-8-3-2-4-9-15/h2-4,8-9H,5-7,10-13H2,1H3. The molecule has 0 amide bonds. The number of fused-ring (bicyclic) bond motifs is 3. The van der Waals surface area contributed by atoms with Crippen molar-refractivity contribution in [3.05, 3.63) is 62.5 Å². The van der Waals surface area contributed by atoms with Crippen molar-refractivity contribution in [1.29, 1.82) is 0 Å². The molecule has 3 nitrogen and oxygen atoms in total. The molecule has 4 rings (SSSR count). The lowest BCUT2D eigenvalue weighted by molar-refractivity contribution is 0.598. The summed E-state index contributed by atoms with van der Waals surface area (Å²) in [6.45, 7) is 2.70. The fourth-order valence-corrected chi connectivity index (χ4v) is 4.99. The molecule has 2 aromatic heterocycles. The normalized spacial score (nSPS) is 14.0. The highest BCUT2D eigenvalue weighted by Crippen LogP contribution is 2.33. The summed E-state index contributed by atoms with van der Waals surface area (Å²) >= 11 is 1.73. The Morgan fingerprint density at radius 1 is 1.17 bits per heavy atom. The van der Waals surface area contributed by atoms with Crippen LogP contribution in [0.15, 0.2) is 35.1 Å².